The predicted molar refractivity (Wildman–Crippen MR) is 118 cm³/mol. The Bertz CT molecular complexity index is 1160. The second-order valence-corrected chi connectivity index (χ2v) is 8.75. The largest absolute Gasteiger partial charge is 0.395 e. The standard InChI is InChI=1S/C21H25N7OS/c1-2-9-26-10-8-16-17(14-26)30-20-18(16)19(22-21-23-24-25-28(20)21)27(11-12-29)13-15-6-4-3-5-7-15/h3-7,29H,2,8-14H2,1H3. The van der Waals surface area contributed by atoms with E-state index in [9.17, 15) is 5.11 Å². The maximum atomic E-state index is 9.79. The van der Waals surface area contributed by atoms with Gasteiger partial charge in [-0.1, -0.05) is 42.4 Å². The zero-order valence-electron chi connectivity index (χ0n) is 17.0. The van der Waals surface area contributed by atoms with Gasteiger partial charge in [0.05, 0.1) is 12.0 Å². The summed E-state index contributed by atoms with van der Waals surface area (Å²) in [6.45, 7) is 6.59. The highest BCUT2D eigenvalue weighted by molar-refractivity contribution is 7.19. The van der Waals surface area contributed by atoms with Crippen LogP contribution in [0.5, 0.6) is 0 Å². The molecule has 0 atom stereocenters. The van der Waals surface area contributed by atoms with Gasteiger partial charge in [0.1, 0.15) is 10.6 Å². The Balaban J connectivity index is 1.66. The molecule has 156 valence electrons. The molecule has 4 aromatic rings. The average Bonchev–Trinajstić information content (AvgIpc) is 3.38. The van der Waals surface area contributed by atoms with Gasteiger partial charge >= 0.3 is 0 Å². The summed E-state index contributed by atoms with van der Waals surface area (Å²) >= 11 is 1.77. The third-order valence-corrected chi connectivity index (χ3v) is 6.81. The maximum absolute atomic E-state index is 9.79. The number of anilines is 1. The summed E-state index contributed by atoms with van der Waals surface area (Å²) in [5.41, 5.74) is 2.54. The van der Waals surface area contributed by atoms with Crippen molar-refractivity contribution in [3.63, 3.8) is 0 Å². The van der Waals surface area contributed by atoms with E-state index in [0.717, 1.165) is 48.5 Å². The average molecular weight is 424 g/mol. The van der Waals surface area contributed by atoms with Crippen LogP contribution < -0.4 is 4.90 Å². The highest BCUT2D eigenvalue weighted by Gasteiger charge is 2.27. The van der Waals surface area contributed by atoms with Crippen LogP contribution in [-0.4, -0.2) is 61.3 Å². The fourth-order valence-corrected chi connectivity index (χ4v) is 5.61. The molecule has 1 aliphatic heterocycles. The molecule has 5 rings (SSSR count). The van der Waals surface area contributed by atoms with Crippen LogP contribution in [0.15, 0.2) is 30.3 Å². The Morgan fingerprint density at radius 1 is 1.23 bits per heavy atom. The maximum Gasteiger partial charge on any atom is 0.276 e. The van der Waals surface area contributed by atoms with E-state index in [0.29, 0.717) is 18.9 Å². The molecule has 0 saturated heterocycles. The van der Waals surface area contributed by atoms with Crippen LogP contribution >= 0.6 is 11.3 Å². The van der Waals surface area contributed by atoms with E-state index in [1.165, 1.54) is 16.0 Å². The minimum absolute atomic E-state index is 0.0583. The zero-order chi connectivity index (χ0) is 20.5. The summed E-state index contributed by atoms with van der Waals surface area (Å²) in [6, 6.07) is 10.3. The van der Waals surface area contributed by atoms with Gasteiger partial charge in [-0.25, -0.2) is 0 Å². The number of benzene rings is 1. The van der Waals surface area contributed by atoms with E-state index in [-0.39, 0.29) is 6.61 Å². The summed E-state index contributed by atoms with van der Waals surface area (Å²) in [7, 11) is 0. The highest BCUT2D eigenvalue weighted by Crippen LogP contribution is 2.40. The number of thiophene rings is 1. The molecule has 0 spiro atoms. The van der Waals surface area contributed by atoms with Gasteiger partial charge in [0, 0.05) is 31.1 Å². The van der Waals surface area contributed by atoms with Crippen molar-refractivity contribution in [2.75, 3.05) is 31.1 Å². The van der Waals surface area contributed by atoms with Crippen molar-refractivity contribution in [1.82, 2.24) is 29.9 Å². The Hall–Kier alpha value is -2.62. The van der Waals surface area contributed by atoms with Crippen molar-refractivity contribution in [2.24, 2.45) is 0 Å². The van der Waals surface area contributed by atoms with Gasteiger partial charge in [0.2, 0.25) is 0 Å². The van der Waals surface area contributed by atoms with Crippen molar-refractivity contribution >= 4 is 33.1 Å². The van der Waals surface area contributed by atoms with Crippen molar-refractivity contribution < 1.29 is 5.11 Å². The van der Waals surface area contributed by atoms with Crippen LogP contribution in [0.25, 0.3) is 16.0 Å². The number of fused-ring (bicyclic) bond motifs is 5. The van der Waals surface area contributed by atoms with Gasteiger partial charge in [-0.3, -0.25) is 4.90 Å². The lowest BCUT2D eigenvalue weighted by Gasteiger charge is -2.27. The first-order valence-corrected chi connectivity index (χ1v) is 11.2. The third kappa shape index (κ3) is 3.42. The zero-order valence-corrected chi connectivity index (χ0v) is 17.8. The fraction of sp³-hybridized carbons (Fsp3) is 0.429. The van der Waals surface area contributed by atoms with Gasteiger partial charge in [-0.2, -0.15) is 9.50 Å². The van der Waals surface area contributed by atoms with Crippen molar-refractivity contribution in [3.8, 4) is 0 Å². The first-order valence-electron chi connectivity index (χ1n) is 10.4. The molecule has 9 heteroatoms. The van der Waals surface area contributed by atoms with Gasteiger partial charge < -0.3 is 10.0 Å². The van der Waals surface area contributed by atoms with E-state index in [4.69, 9.17) is 4.98 Å². The Morgan fingerprint density at radius 2 is 2.10 bits per heavy atom. The number of hydrogen-bond donors (Lipinski definition) is 1. The molecule has 0 unspecified atom stereocenters. The normalized spacial score (nSPS) is 14.5. The minimum atomic E-state index is 0.0583. The lowest BCUT2D eigenvalue weighted by Crippen LogP contribution is -2.31. The molecular weight excluding hydrogens is 398 g/mol. The fourth-order valence-electron chi connectivity index (χ4n) is 4.28. The monoisotopic (exact) mass is 423 g/mol. The molecule has 0 radical (unpaired) electrons. The van der Waals surface area contributed by atoms with Crippen molar-refractivity contribution in [3.05, 3.63) is 46.3 Å². The molecule has 4 heterocycles. The van der Waals surface area contributed by atoms with Crippen molar-refractivity contribution in [1.29, 1.82) is 0 Å². The van der Waals surface area contributed by atoms with E-state index in [1.54, 1.807) is 15.9 Å². The van der Waals surface area contributed by atoms with E-state index in [1.807, 2.05) is 18.2 Å². The predicted octanol–water partition coefficient (Wildman–Crippen LogP) is 2.50. The molecule has 1 N–H and O–H groups in total. The molecule has 0 bridgehead atoms. The van der Waals surface area contributed by atoms with Gasteiger partial charge in [-0.05, 0) is 40.9 Å². The number of aliphatic hydroxyl groups is 1. The second kappa shape index (κ2) is 8.25. The lowest BCUT2D eigenvalue weighted by atomic mass is 10.0. The number of aliphatic hydroxyl groups excluding tert-OH is 1. The van der Waals surface area contributed by atoms with Crippen LogP contribution in [0, 0.1) is 0 Å². The van der Waals surface area contributed by atoms with Crippen LogP contribution in [0.1, 0.15) is 29.3 Å². The van der Waals surface area contributed by atoms with E-state index >= 15 is 0 Å². The van der Waals surface area contributed by atoms with Gasteiger partial charge in [0.25, 0.3) is 5.78 Å². The van der Waals surface area contributed by atoms with E-state index in [2.05, 4.69) is 44.4 Å². The molecule has 1 aliphatic rings. The SMILES string of the molecule is CCCN1CCc2c(sc3c2c(N(CCO)Cc2ccccc2)nc2nnnn23)C1. The molecule has 0 aliphatic carbocycles. The van der Waals surface area contributed by atoms with Crippen LogP contribution in [0.2, 0.25) is 0 Å². The number of hydrogen-bond acceptors (Lipinski definition) is 8. The molecule has 30 heavy (non-hydrogen) atoms. The first-order chi connectivity index (χ1) is 14.8. The smallest absolute Gasteiger partial charge is 0.276 e. The molecule has 0 amide bonds. The summed E-state index contributed by atoms with van der Waals surface area (Å²) in [5.74, 6) is 1.36. The highest BCUT2D eigenvalue weighted by atomic mass is 32.1. The van der Waals surface area contributed by atoms with Crippen LogP contribution in [-0.2, 0) is 19.5 Å². The van der Waals surface area contributed by atoms with Crippen molar-refractivity contribution in [2.45, 2.75) is 32.9 Å². The molecule has 0 fully saturated rings. The summed E-state index contributed by atoms with van der Waals surface area (Å²) < 4.78 is 1.76. The molecule has 1 aromatic carbocycles. The Labute approximate surface area is 178 Å². The molecule has 8 nitrogen and oxygen atoms in total. The molecule has 3 aromatic heterocycles. The Morgan fingerprint density at radius 3 is 2.90 bits per heavy atom. The summed E-state index contributed by atoms with van der Waals surface area (Å²) in [6.07, 6.45) is 2.15. The quantitative estimate of drug-likeness (QED) is 0.489. The second-order valence-electron chi connectivity index (χ2n) is 7.67. The number of nitrogens with zero attached hydrogens (tertiary/aromatic N) is 7. The third-order valence-electron chi connectivity index (χ3n) is 5.62. The number of aromatic nitrogens is 5. The van der Waals surface area contributed by atoms with Gasteiger partial charge in [-0.15, -0.1) is 11.3 Å². The number of rotatable bonds is 7. The number of tetrazole rings is 1. The van der Waals surface area contributed by atoms with E-state index < -0.39 is 0 Å². The minimum Gasteiger partial charge on any atom is -0.395 e. The Kier molecular flexibility index (Phi) is 5.32. The van der Waals surface area contributed by atoms with Crippen LogP contribution in [0.3, 0.4) is 0 Å². The summed E-state index contributed by atoms with van der Waals surface area (Å²) in [4.78, 5) is 11.9. The topological polar surface area (TPSA) is 82.7 Å². The first kappa shape index (κ1) is 19.3. The molecular formula is C21H25N7OS. The molecule has 0 saturated carbocycles. The van der Waals surface area contributed by atoms with Crippen LogP contribution in [0.4, 0.5) is 5.82 Å². The van der Waals surface area contributed by atoms with Gasteiger partial charge in [0.15, 0.2) is 0 Å². The lowest BCUT2D eigenvalue weighted by molar-refractivity contribution is 0.258. The summed E-state index contributed by atoms with van der Waals surface area (Å²) in [5, 5.41) is 23.1.